The lowest BCUT2D eigenvalue weighted by Crippen LogP contribution is -2.39. The van der Waals surface area contributed by atoms with E-state index in [2.05, 4.69) is 15.0 Å². The van der Waals surface area contributed by atoms with Crippen molar-refractivity contribution in [3.8, 4) is 5.88 Å². The summed E-state index contributed by atoms with van der Waals surface area (Å²) in [4.78, 5) is 19.4. The molecule has 1 saturated heterocycles. The number of rotatable bonds is 4. The molecular weight excluding hydrogens is 383 g/mol. The number of hydrogen-bond donors (Lipinski definition) is 1. The van der Waals surface area contributed by atoms with Crippen molar-refractivity contribution < 1.29 is 19.0 Å². The van der Waals surface area contributed by atoms with Crippen molar-refractivity contribution in [3.63, 3.8) is 0 Å². The van der Waals surface area contributed by atoms with Crippen LogP contribution < -0.4 is 0 Å². The van der Waals surface area contributed by atoms with Gasteiger partial charge < -0.3 is 9.84 Å². The summed E-state index contributed by atoms with van der Waals surface area (Å²) in [5.74, 6) is -0.157. The van der Waals surface area contributed by atoms with E-state index in [9.17, 15) is 14.3 Å². The summed E-state index contributed by atoms with van der Waals surface area (Å²) < 4.78 is 21.0. The molecule has 1 N–H and O–H groups in total. The Kier molecular flexibility index (Phi) is 5.03. The van der Waals surface area contributed by atoms with Gasteiger partial charge in [0.15, 0.2) is 0 Å². The minimum Gasteiger partial charge on any atom is -0.492 e. The number of halogens is 1. The first-order valence-corrected chi connectivity index (χ1v) is 9.92. The first kappa shape index (κ1) is 18.8. The zero-order valence-corrected chi connectivity index (χ0v) is 16.4. The number of hydrogen-bond acceptors (Lipinski definition) is 7. The topological polar surface area (TPSA) is 80.0 Å². The van der Waals surface area contributed by atoms with E-state index in [1.165, 1.54) is 29.0 Å². The van der Waals surface area contributed by atoms with E-state index in [0.717, 1.165) is 0 Å². The molecule has 0 amide bonds. The van der Waals surface area contributed by atoms with Crippen molar-refractivity contribution in [2.45, 2.75) is 25.8 Å². The van der Waals surface area contributed by atoms with Gasteiger partial charge in [-0.3, -0.25) is 9.69 Å². The van der Waals surface area contributed by atoms with Gasteiger partial charge in [0.1, 0.15) is 11.6 Å². The molecule has 28 heavy (non-hydrogen) atoms. The van der Waals surface area contributed by atoms with E-state index in [1.807, 2.05) is 0 Å². The molecule has 1 unspecified atom stereocenters. The molecule has 0 spiro atoms. The third kappa shape index (κ3) is 3.24. The summed E-state index contributed by atoms with van der Waals surface area (Å²) in [6.07, 6.45) is 1.25. The normalized spacial score (nSPS) is 17.1. The molecule has 3 aromatic rings. The van der Waals surface area contributed by atoms with Crippen molar-refractivity contribution in [1.29, 1.82) is 0 Å². The minimum absolute atomic E-state index is 0.0241. The number of fused-ring (bicyclic) bond motifs is 1. The maximum Gasteiger partial charge on any atom is 0.308 e. The molecule has 1 aliphatic rings. The second kappa shape index (κ2) is 7.48. The monoisotopic (exact) mass is 404 g/mol. The number of piperidine rings is 1. The van der Waals surface area contributed by atoms with E-state index < -0.39 is 6.04 Å². The van der Waals surface area contributed by atoms with Crippen LogP contribution in [0.15, 0.2) is 24.3 Å². The van der Waals surface area contributed by atoms with Gasteiger partial charge in [0.2, 0.25) is 10.8 Å². The second-order valence-electron chi connectivity index (χ2n) is 6.90. The zero-order chi connectivity index (χ0) is 19.8. The van der Waals surface area contributed by atoms with E-state index in [0.29, 0.717) is 47.2 Å². The summed E-state index contributed by atoms with van der Waals surface area (Å²) >= 11 is 1.30. The van der Waals surface area contributed by atoms with Crippen LogP contribution in [0.4, 0.5) is 4.39 Å². The SMILES string of the molecule is COC(=O)C1CCN(C(c2ccccc2F)c2sc3nc(C)nn3c2O)CC1. The number of ether oxygens (including phenoxy) is 1. The van der Waals surface area contributed by atoms with Gasteiger partial charge in [0, 0.05) is 5.56 Å². The lowest BCUT2D eigenvalue weighted by molar-refractivity contribution is -0.147. The number of carbonyl (C=O) groups excluding carboxylic acids is 1. The molecule has 1 atom stereocenters. The first-order valence-electron chi connectivity index (χ1n) is 9.11. The Balaban J connectivity index is 1.73. The fourth-order valence-corrected chi connectivity index (χ4v) is 4.94. The molecule has 4 rings (SSSR count). The van der Waals surface area contributed by atoms with E-state index >= 15 is 0 Å². The number of thiazole rings is 1. The molecule has 1 aliphatic heterocycles. The van der Waals surface area contributed by atoms with Crippen LogP contribution in [0, 0.1) is 18.7 Å². The lowest BCUT2D eigenvalue weighted by atomic mass is 9.93. The van der Waals surface area contributed by atoms with Crippen molar-refractivity contribution in [3.05, 3.63) is 46.3 Å². The smallest absolute Gasteiger partial charge is 0.308 e. The molecule has 2 aromatic heterocycles. The highest BCUT2D eigenvalue weighted by atomic mass is 32.1. The Morgan fingerprint density at radius 2 is 2.07 bits per heavy atom. The first-order chi connectivity index (χ1) is 13.5. The molecule has 7 nitrogen and oxygen atoms in total. The van der Waals surface area contributed by atoms with Gasteiger partial charge in [-0.1, -0.05) is 29.5 Å². The summed E-state index contributed by atoms with van der Waals surface area (Å²) in [6, 6.07) is 6.10. The Morgan fingerprint density at radius 3 is 2.71 bits per heavy atom. The lowest BCUT2D eigenvalue weighted by Gasteiger charge is -2.36. The number of aromatic hydroxyl groups is 1. The summed E-state index contributed by atoms with van der Waals surface area (Å²) in [6.45, 7) is 2.93. The van der Waals surface area contributed by atoms with E-state index in [4.69, 9.17) is 4.74 Å². The fraction of sp³-hybridized carbons (Fsp3) is 0.421. The predicted molar refractivity (Wildman–Crippen MR) is 102 cm³/mol. The number of methoxy groups -OCH3 is 1. The van der Waals surface area contributed by atoms with Crippen LogP contribution in [-0.2, 0) is 9.53 Å². The van der Waals surface area contributed by atoms with Gasteiger partial charge >= 0.3 is 5.97 Å². The number of benzene rings is 1. The van der Waals surface area contributed by atoms with Crippen LogP contribution in [0.2, 0.25) is 0 Å². The van der Waals surface area contributed by atoms with Gasteiger partial charge in [-0.2, -0.15) is 4.52 Å². The average Bonchev–Trinajstić information content (AvgIpc) is 3.21. The van der Waals surface area contributed by atoms with Crippen LogP contribution in [-0.4, -0.2) is 50.8 Å². The number of nitrogens with zero attached hydrogens (tertiary/aromatic N) is 4. The predicted octanol–water partition coefficient (Wildman–Crippen LogP) is 2.92. The highest BCUT2D eigenvalue weighted by molar-refractivity contribution is 7.17. The summed E-state index contributed by atoms with van der Waals surface area (Å²) in [7, 11) is 1.39. The Bertz CT molecular complexity index is 1010. The largest absolute Gasteiger partial charge is 0.492 e. The highest BCUT2D eigenvalue weighted by Gasteiger charge is 2.35. The maximum absolute atomic E-state index is 14.7. The zero-order valence-electron chi connectivity index (χ0n) is 15.6. The highest BCUT2D eigenvalue weighted by Crippen LogP contribution is 2.42. The quantitative estimate of drug-likeness (QED) is 0.674. The Morgan fingerprint density at radius 1 is 1.36 bits per heavy atom. The molecule has 3 heterocycles. The van der Waals surface area contributed by atoms with Crippen LogP contribution in [0.5, 0.6) is 5.88 Å². The fourth-order valence-electron chi connectivity index (χ4n) is 3.79. The second-order valence-corrected chi connectivity index (χ2v) is 7.91. The summed E-state index contributed by atoms with van der Waals surface area (Å²) in [5.41, 5.74) is 0.482. The molecule has 9 heteroatoms. The van der Waals surface area contributed by atoms with Gasteiger partial charge in [-0.05, 0) is 38.9 Å². The molecule has 0 radical (unpaired) electrons. The number of aromatic nitrogens is 3. The van der Waals surface area contributed by atoms with Crippen molar-refractivity contribution in [2.75, 3.05) is 20.2 Å². The van der Waals surface area contributed by atoms with Crippen molar-refractivity contribution in [2.24, 2.45) is 5.92 Å². The number of esters is 1. The molecule has 1 aromatic carbocycles. The Labute approximate surface area is 165 Å². The molecule has 0 aliphatic carbocycles. The van der Waals surface area contributed by atoms with Crippen molar-refractivity contribution >= 4 is 22.3 Å². The van der Waals surface area contributed by atoms with E-state index in [-0.39, 0.29) is 23.6 Å². The van der Waals surface area contributed by atoms with E-state index in [1.54, 1.807) is 25.1 Å². The molecule has 1 fully saturated rings. The standard InChI is InChI=1S/C19H21FN4O3S/c1-11-21-19-24(22-11)17(25)16(28-19)15(13-5-3-4-6-14(13)20)23-9-7-12(8-10-23)18(26)27-2/h3-6,12,15,25H,7-10H2,1-2H3. The van der Waals surface area contributed by atoms with Crippen LogP contribution in [0.3, 0.4) is 0 Å². The van der Waals surface area contributed by atoms with Gasteiger partial charge in [-0.25, -0.2) is 9.37 Å². The molecule has 148 valence electrons. The molecular formula is C19H21FN4O3S. The molecule has 0 bridgehead atoms. The van der Waals surface area contributed by atoms with Gasteiger partial charge in [0.05, 0.1) is 23.9 Å². The minimum atomic E-state index is -0.478. The molecule has 0 saturated carbocycles. The third-order valence-corrected chi connectivity index (χ3v) is 6.26. The average molecular weight is 404 g/mol. The van der Waals surface area contributed by atoms with Crippen LogP contribution in [0.25, 0.3) is 4.96 Å². The summed E-state index contributed by atoms with van der Waals surface area (Å²) in [5, 5.41) is 15.0. The van der Waals surface area contributed by atoms with Crippen LogP contribution >= 0.6 is 11.3 Å². The third-order valence-electron chi connectivity index (χ3n) is 5.18. The maximum atomic E-state index is 14.7. The van der Waals surface area contributed by atoms with Crippen LogP contribution in [0.1, 0.15) is 35.1 Å². The Hall–Kier alpha value is -2.52. The number of carbonyl (C=O) groups is 1. The number of aryl methyl sites for hydroxylation is 1. The van der Waals surface area contributed by atoms with Gasteiger partial charge in [-0.15, -0.1) is 5.10 Å². The van der Waals surface area contributed by atoms with Gasteiger partial charge in [0.25, 0.3) is 0 Å². The number of likely N-dealkylation sites (tertiary alicyclic amines) is 1. The van der Waals surface area contributed by atoms with Crippen molar-refractivity contribution in [1.82, 2.24) is 19.5 Å².